The Hall–Kier alpha value is -2.19. The van der Waals surface area contributed by atoms with Gasteiger partial charge in [0.05, 0.1) is 0 Å². The van der Waals surface area contributed by atoms with Gasteiger partial charge in [-0.05, 0) is 12.2 Å². The molecule has 0 spiro atoms. The largest absolute Gasteiger partial charge is 0.269 e. The van der Waals surface area contributed by atoms with E-state index in [0.717, 1.165) is 18.2 Å². The third-order valence-electron chi connectivity index (χ3n) is 1.24. The van der Waals surface area contributed by atoms with Crippen LogP contribution in [0.2, 0.25) is 0 Å². The molecule has 3 amide bonds. The maximum Gasteiger partial charge on any atom is 0.268 e. The third-order valence-corrected chi connectivity index (χ3v) is 1.24. The third kappa shape index (κ3) is 2.69. The average Bonchev–Trinajstić information content (AvgIpc) is 2.17. The molecule has 0 unspecified atom stereocenters. The van der Waals surface area contributed by atoms with E-state index < -0.39 is 17.7 Å². The quantitative estimate of drug-likeness (QED) is 0.484. The molecule has 0 N–H and O–H groups in total. The van der Waals surface area contributed by atoms with Crippen LogP contribution >= 0.6 is 0 Å². The van der Waals surface area contributed by atoms with Crippen molar-refractivity contribution in [3.63, 3.8) is 0 Å². The van der Waals surface area contributed by atoms with Gasteiger partial charge in [-0.25, -0.2) is 4.90 Å². The molecule has 0 aliphatic rings. The second-order valence-electron chi connectivity index (χ2n) is 2.11. The standard InChI is InChI=1S/C10H9NO3/c1-4-7-10(14)11(8(12)5-2)9(13)6-3/h5-7H,1-3H2. The first-order chi connectivity index (χ1) is 6.58. The zero-order valence-corrected chi connectivity index (χ0v) is 7.53. The van der Waals surface area contributed by atoms with Gasteiger partial charge >= 0.3 is 0 Å². The van der Waals surface area contributed by atoms with Crippen molar-refractivity contribution in [3.8, 4) is 0 Å². The fraction of sp³-hybridized carbons (Fsp3) is 0. The molecule has 0 heterocycles. The summed E-state index contributed by atoms with van der Waals surface area (Å²) in [6.45, 7) is 9.47. The van der Waals surface area contributed by atoms with E-state index in [1.807, 2.05) is 0 Å². The zero-order chi connectivity index (χ0) is 11.1. The maximum atomic E-state index is 11.2. The van der Waals surface area contributed by atoms with Crippen molar-refractivity contribution in [1.82, 2.24) is 4.90 Å². The SMILES string of the molecule is C=C=CC(=O)N(C(=O)C=C)C(=O)C=C. The molecule has 0 saturated carbocycles. The van der Waals surface area contributed by atoms with Crippen LogP contribution in [0.1, 0.15) is 0 Å². The van der Waals surface area contributed by atoms with Crippen LogP contribution in [0, 0.1) is 0 Å². The molecule has 0 aliphatic heterocycles. The highest BCUT2D eigenvalue weighted by molar-refractivity contribution is 6.19. The van der Waals surface area contributed by atoms with E-state index in [0.29, 0.717) is 4.90 Å². The molecule has 0 atom stereocenters. The van der Waals surface area contributed by atoms with E-state index in [-0.39, 0.29) is 0 Å². The van der Waals surface area contributed by atoms with E-state index in [1.165, 1.54) is 0 Å². The maximum absolute atomic E-state index is 11.2. The summed E-state index contributed by atoms with van der Waals surface area (Å²) < 4.78 is 0. The monoisotopic (exact) mass is 191 g/mol. The van der Waals surface area contributed by atoms with Crippen molar-refractivity contribution < 1.29 is 14.4 Å². The Morgan fingerprint density at radius 1 is 1.00 bits per heavy atom. The van der Waals surface area contributed by atoms with Crippen LogP contribution in [0.5, 0.6) is 0 Å². The summed E-state index contributed by atoms with van der Waals surface area (Å²) in [5, 5.41) is 0. The number of rotatable bonds is 3. The zero-order valence-electron chi connectivity index (χ0n) is 7.53. The van der Waals surface area contributed by atoms with Crippen molar-refractivity contribution in [2.24, 2.45) is 0 Å². The molecule has 0 aromatic heterocycles. The molecule has 0 aromatic rings. The highest BCUT2D eigenvalue weighted by atomic mass is 16.2. The van der Waals surface area contributed by atoms with E-state index in [4.69, 9.17) is 0 Å². The van der Waals surface area contributed by atoms with Crippen molar-refractivity contribution in [1.29, 1.82) is 0 Å². The highest BCUT2D eigenvalue weighted by Crippen LogP contribution is 1.96. The molecular weight excluding hydrogens is 182 g/mol. The van der Waals surface area contributed by atoms with Crippen LogP contribution in [-0.4, -0.2) is 22.6 Å². The van der Waals surface area contributed by atoms with Gasteiger partial charge in [0.1, 0.15) is 0 Å². The second-order valence-corrected chi connectivity index (χ2v) is 2.11. The minimum absolute atomic E-state index is 0.387. The first-order valence-corrected chi connectivity index (χ1v) is 3.61. The molecule has 0 aromatic carbocycles. The predicted octanol–water partition coefficient (Wildman–Crippen LogP) is 0.581. The molecule has 4 nitrogen and oxygen atoms in total. The van der Waals surface area contributed by atoms with Gasteiger partial charge < -0.3 is 0 Å². The number of hydrogen-bond donors (Lipinski definition) is 0. The van der Waals surface area contributed by atoms with E-state index in [9.17, 15) is 14.4 Å². The average molecular weight is 191 g/mol. The topological polar surface area (TPSA) is 54.5 Å². The fourth-order valence-electron chi connectivity index (χ4n) is 0.660. The Morgan fingerprint density at radius 3 is 1.71 bits per heavy atom. The highest BCUT2D eigenvalue weighted by Gasteiger charge is 2.22. The number of amides is 3. The summed E-state index contributed by atoms with van der Waals surface area (Å²) in [4.78, 5) is 33.7. The molecule has 0 saturated heterocycles. The second kappa shape index (κ2) is 5.45. The van der Waals surface area contributed by atoms with Gasteiger partial charge in [-0.2, -0.15) is 0 Å². The summed E-state index contributed by atoms with van der Waals surface area (Å²) in [6.07, 6.45) is 2.59. The molecule has 0 bridgehead atoms. The predicted molar refractivity (Wildman–Crippen MR) is 51.0 cm³/mol. The van der Waals surface area contributed by atoms with Crippen molar-refractivity contribution in [3.05, 3.63) is 43.7 Å². The van der Waals surface area contributed by atoms with Crippen LogP contribution in [0.3, 0.4) is 0 Å². The van der Waals surface area contributed by atoms with Crippen LogP contribution in [-0.2, 0) is 14.4 Å². The van der Waals surface area contributed by atoms with Gasteiger partial charge in [-0.1, -0.05) is 19.7 Å². The van der Waals surface area contributed by atoms with Gasteiger partial charge in [0.2, 0.25) is 0 Å². The van der Waals surface area contributed by atoms with Gasteiger partial charge in [-0.15, -0.1) is 5.73 Å². The minimum Gasteiger partial charge on any atom is -0.269 e. The van der Waals surface area contributed by atoms with Gasteiger partial charge in [0.15, 0.2) is 0 Å². The number of carbonyl (C=O) groups excluding carboxylic acids is 3. The summed E-state index contributed by atoms with van der Waals surface area (Å²) in [7, 11) is 0. The smallest absolute Gasteiger partial charge is 0.268 e. The molecule has 14 heavy (non-hydrogen) atoms. The lowest BCUT2D eigenvalue weighted by molar-refractivity contribution is -0.147. The number of carbonyl (C=O) groups is 3. The summed E-state index contributed by atoms with van der Waals surface area (Å²) in [5.74, 6) is -2.45. The first-order valence-electron chi connectivity index (χ1n) is 3.61. The number of hydrogen-bond acceptors (Lipinski definition) is 3. The van der Waals surface area contributed by atoms with Crippen LogP contribution in [0.4, 0.5) is 0 Å². The molecule has 0 radical (unpaired) electrons. The normalized spacial score (nSPS) is 8.00. The summed E-state index contributed by atoms with van der Waals surface area (Å²) in [6, 6.07) is 0. The van der Waals surface area contributed by atoms with E-state index >= 15 is 0 Å². The van der Waals surface area contributed by atoms with Crippen molar-refractivity contribution >= 4 is 17.7 Å². The summed E-state index contributed by atoms with van der Waals surface area (Å²) >= 11 is 0. The van der Waals surface area contributed by atoms with Gasteiger partial charge in [-0.3, -0.25) is 14.4 Å². The van der Waals surface area contributed by atoms with E-state index in [2.05, 4.69) is 25.5 Å². The van der Waals surface area contributed by atoms with Crippen molar-refractivity contribution in [2.45, 2.75) is 0 Å². The molecule has 0 fully saturated rings. The minimum atomic E-state index is -0.824. The van der Waals surface area contributed by atoms with Gasteiger partial charge in [0, 0.05) is 6.08 Å². The Labute approximate surface area is 81.5 Å². The lowest BCUT2D eigenvalue weighted by Crippen LogP contribution is -2.38. The Kier molecular flexibility index (Phi) is 4.60. The molecule has 4 heteroatoms. The van der Waals surface area contributed by atoms with Crippen LogP contribution in [0.15, 0.2) is 43.7 Å². The van der Waals surface area contributed by atoms with Crippen LogP contribution < -0.4 is 0 Å². The molecule has 0 rings (SSSR count). The Morgan fingerprint density at radius 2 is 1.43 bits per heavy atom. The molecule has 0 aliphatic carbocycles. The van der Waals surface area contributed by atoms with E-state index in [1.54, 1.807) is 0 Å². The molecule has 72 valence electrons. The Bertz CT molecular complexity index is 328. The Balaban J connectivity index is 5.08. The van der Waals surface area contributed by atoms with Crippen molar-refractivity contribution in [2.75, 3.05) is 0 Å². The van der Waals surface area contributed by atoms with Gasteiger partial charge in [0.25, 0.3) is 17.7 Å². The number of nitrogens with zero attached hydrogens (tertiary/aromatic N) is 1. The fourth-order valence-corrected chi connectivity index (χ4v) is 0.660. The lowest BCUT2D eigenvalue weighted by atomic mass is 10.4. The summed E-state index contributed by atoms with van der Waals surface area (Å²) in [5.41, 5.74) is 2.17. The molecular formula is C10H9NO3. The number of imide groups is 3. The lowest BCUT2D eigenvalue weighted by Gasteiger charge is -2.11. The van der Waals surface area contributed by atoms with Crippen LogP contribution in [0.25, 0.3) is 0 Å². The first kappa shape index (κ1) is 11.8.